The van der Waals surface area contributed by atoms with Crippen LogP contribution >= 0.6 is 12.2 Å². The standard InChI is InChI=1S/C24H17N3O3S/c1-14-3-8-18(11-15(14)2)27-23(29)20(22(28)26-24(27)31)12-19-9-10-21(30-19)17-6-4-16(13-25)5-7-17/h3-12H,1-2H3,(H,26,28,31)/b20-12+. The zero-order chi connectivity index (χ0) is 22.1. The molecular weight excluding hydrogens is 410 g/mol. The second-order valence-corrected chi connectivity index (χ2v) is 7.50. The molecule has 3 aromatic rings. The van der Waals surface area contributed by atoms with Gasteiger partial charge >= 0.3 is 0 Å². The van der Waals surface area contributed by atoms with Gasteiger partial charge in [-0.05, 0) is 91.8 Å². The zero-order valence-corrected chi connectivity index (χ0v) is 17.6. The minimum atomic E-state index is -0.577. The van der Waals surface area contributed by atoms with E-state index in [1.54, 1.807) is 42.5 Å². The second-order valence-electron chi connectivity index (χ2n) is 7.12. The number of rotatable bonds is 3. The van der Waals surface area contributed by atoms with Crippen LogP contribution in [-0.4, -0.2) is 16.9 Å². The molecule has 0 bridgehead atoms. The van der Waals surface area contributed by atoms with Gasteiger partial charge in [0.15, 0.2) is 5.11 Å². The second kappa shape index (κ2) is 8.01. The molecule has 2 amide bonds. The van der Waals surface area contributed by atoms with Crippen molar-refractivity contribution in [1.82, 2.24) is 5.32 Å². The number of benzene rings is 2. The van der Waals surface area contributed by atoms with Crippen molar-refractivity contribution in [3.63, 3.8) is 0 Å². The quantitative estimate of drug-likeness (QED) is 0.383. The molecular formula is C24H17N3O3S. The lowest BCUT2D eigenvalue weighted by Gasteiger charge is -2.29. The van der Waals surface area contributed by atoms with Crippen molar-refractivity contribution in [2.45, 2.75) is 13.8 Å². The maximum atomic E-state index is 13.1. The van der Waals surface area contributed by atoms with Gasteiger partial charge in [-0.2, -0.15) is 5.26 Å². The van der Waals surface area contributed by atoms with Crippen LogP contribution in [-0.2, 0) is 9.59 Å². The summed E-state index contributed by atoms with van der Waals surface area (Å²) in [5.74, 6) is -0.188. The number of hydrogen-bond acceptors (Lipinski definition) is 5. The first-order valence-corrected chi connectivity index (χ1v) is 9.87. The van der Waals surface area contributed by atoms with Crippen LogP contribution in [0.5, 0.6) is 0 Å². The molecule has 1 aliphatic rings. The first kappa shape index (κ1) is 20.3. The van der Waals surface area contributed by atoms with Crippen molar-refractivity contribution >= 4 is 40.9 Å². The molecule has 2 heterocycles. The third kappa shape index (κ3) is 3.89. The highest BCUT2D eigenvalue weighted by Crippen LogP contribution is 2.27. The van der Waals surface area contributed by atoms with Gasteiger partial charge in [-0.1, -0.05) is 6.07 Å². The fourth-order valence-electron chi connectivity index (χ4n) is 3.19. The predicted molar refractivity (Wildman–Crippen MR) is 121 cm³/mol. The minimum Gasteiger partial charge on any atom is -0.457 e. The number of hydrogen-bond donors (Lipinski definition) is 1. The molecule has 2 aromatic carbocycles. The first-order chi connectivity index (χ1) is 14.9. The van der Waals surface area contributed by atoms with Crippen LogP contribution in [0.2, 0.25) is 0 Å². The Bertz CT molecular complexity index is 1300. The highest BCUT2D eigenvalue weighted by Gasteiger charge is 2.34. The SMILES string of the molecule is Cc1ccc(N2C(=O)/C(=C/c3ccc(-c4ccc(C#N)cc4)o3)C(=O)NC2=S)cc1C. The van der Waals surface area contributed by atoms with Crippen molar-refractivity contribution in [2.24, 2.45) is 0 Å². The molecule has 0 spiro atoms. The first-order valence-electron chi connectivity index (χ1n) is 9.46. The average molecular weight is 427 g/mol. The Morgan fingerprint density at radius 1 is 1.03 bits per heavy atom. The summed E-state index contributed by atoms with van der Waals surface area (Å²) in [4.78, 5) is 26.9. The summed E-state index contributed by atoms with van der Waals surface area (Å²) in [7, 11) is 0. The summed E-state index contributed by atoms with van der Waals surface area (Å²) in [6.45, 7) is 3.92. The fourth-order valence-corrected chi connectivity index (χ4v) is 3.47. The molecule has 0 radical (unpaired) electrons. The number of thiocarbonyl (C=S) groups is 1. The summed E-state index contributed by atoms with van der Waals surface area (Å²) in [6.07, 6.45) is 1.40. The Morgan fingerprint density at radius 2 is 1.77 bits per heavy atom. The van der Waals surface area contributed by atoms with E-state index < -0.39 is 11.8 Å². The monoisotopic (exact) mass is 427 g/mol. The molecule has 152 valence electrons. The van der Waals surface area contributed by atoms with Gasteiger partial charge in [-0.3, -0.25) is 19.8 Å². The van der Waals surface area contributed by atoms with Crippen molar-refractivity contribution < 1.29 is 14.0 Å². The number of nitrogens with one attached hydrogen (secondary N) is 1. The average Bonchev–Trinajstić information content (AvgIpc) is 3.22. The molecule has 1 aromatic heterocycles. The van der Waals surface area contributed by atoms with E-state index in [-0.39, 0.29) is 10.7 Å². The number of furan rings is 1. The molecule has 0 aliphatic carbocycles. The summed E-state index contributed by atoms with van der Waals surface area (Å²) < 4.78 is 5.80. The van der Waals surface area contributed by atoms with Crippen molar-refractivity contribution in [3.05, 3.63) is 82.6 Å². The van der Waals surface area contributed by atoms with E-state index in [0.717, 1.165) is 16.7 Å². The van der Waals surface area contributed by atoms with Crippen LogP contribution in [0.1, 0.15) is 22.5 Å². The Balaban J connectivity index is 1.66. The van der Waals surface area contributed by atoms with Crippen molar-refractivity contribution in [2.75, 3.05) is 4.90 Å². The number of nitrogens with zero attached hydrogens (tertiary/aromatic N) is 2. The molecule has 0 atom stereocenters. The van der Waals surface area contributed by atoms with Gasteiger partial charge < -0.3 is 4.42 Å². The van der Waals surface area contributed by atoms with Crippen molar-refractivity contribution in [3.8, 4) is 17.4 Å². The Labute approximate surface area is 184 Å². The maximum absolute atomic E-state index is 13.1. The van der Waals surface area contributed by atoms with Crippen LogP contribution in [0.4, 0.5) is 5.69 Å². The molecule has 1 N–H and O–H groups in total. The van der Waals surface area contributed by atoms with Crippen LogP contribution in [0.3, 0.4) is 0 Å². The van der Waals surface area contributed by atoms with Crippen LogP contribution in [0.25, 0.3) is 17.4 Å². The number of carbonyl (C=O) groups excluding carboxylic acids is 2. The van der Waals surface area contributed by atoms with Crippen LogP contribution in [0, 0.1) is 25.2 Å². The molecule has 6 nitrogen and oxygen atoms in total. The van der Waals surface area contributed by atoms with Crippen LogP contribution in [0.15, 0.2) is 64.6 Å². The molecule has 0 saturated carbocycles. The van der Waals surface area contributed by atoms with Gasteiger partial charge in [0.25, 0.3) is 11.8 Å². The van der Waals surface area contributed by atoms with E-state index in [9.17, 15) is 9.59 Å². The minimum absolute atomic E-state index is 0.0353. The summed E-state index contributed by atoms with van der Waals surface area (Å²) in [6, 6.07) is 17.9. The fraction of sp³-hybridized carbons (Fsp3) is 0.0833. The van der Waals surface area contributed by atoms with Gasteiger partial charge in [0.05, 0.1) is 17.3 Å². The number of amides is 2. The van der Waals surface area contributed by atoms with Gasteiger partial charge in [0, 0.05) is 5.56 Å². The lowest BCUT2D eigenvalue weighted by atomic mass is 10.1. The molecule has 0 unspecified atom stereocenters. The van der Waals surface area contributed by atoms with Gasteiger partial charge in [0.1, 0.15) is 17.1 Å². The molecule has 1 aliphatic heterocycles. The van der Waals surface area contributed by atoms with E-state index in [4.69, 9.17) is 21.9 Å². The van der Waals surface area contributed by atoms with E-state index >= 15 is 0 Å². The maximum Gasteiger partial charge on any atom is 0.270 e. The number of carbonyl (C=O) groups is 2. The third-order valence-electron chi connectivity index (χ3n) is 5.06. The lowest BCUT2D eigenvalue weighted by Crippen LogP contribution is -2.54. The Kier molecular flexibility index (Phi) is 5.24. The third-order valence-corrected chi connectivity index (χ3v) is 5.35. The molecule has 7 heteroatoms. The normalized spacial score (nSPS) is 15.2. The van der Waals surface area contributed by atoms with Crippen LogP contribution < -0.4 is 10.2 Å². The zero-order valence-electron chi connectivity index (χ0n) is 16.8. The van der Waals surface area contributed by atoms with E-state index in [2.05, 4.69) is 11.4 Å². The molecule has 1 saturated heterocycles. The summed E-state index contributed by atoms with van der Waals surface area (Å²) in [5.41, 5.74) is 3.93. The van der Waals surface area contributed by atoms with E-state index in [0.29, 0.717) is 22.8 Å². The molecule has 4 rings (SSSR count). The number of anilines is 1. The largest absolute Gasteiger partial charge is 0.457 e. The smallest absolute Gasteiger partial charge is 0.270 e. The Morgan fingerprint density at radius 3 is 2.45 bits per heavy atom. The number of nitriles is 1. The summed E-state index contributed by atoms with van der Waals surface area (Å²) in [5, 5.41) is 11.5. The van der Waals surface area contributed by atoms with Gasteiger partial charge in [-0.15, -0.1) is 0 Å². The highest BCUT2D eigenvalue weighted by molar-refractivity contribution is 7.80. The predicted octanol–water partition coefficient (Wildman–Crippen LogP) is 4.27. The van der Waals surface area contributed by atoms with Gasteiger partial charge in [-0.25, -0.2) is 0 Å². The Hall–Kier alpha value is -4.02. The van der Waals surface area contributed by atoms with Gasteiger partial charge in [0.2, 0.25) is 0 Å². The lowest BCUT2D eigenvalue weighted by molar-refractivity contribution is -0.122. The van der Waals surface area contributed by atoms with E-state index in [1.165, 1.54) is 11.0 Å². The molecule has 31 heavy (non-hydrogen) atoms. The number of aryl methyl sites for hydroxylation is 2. The van der Waals surface area contributed by atoms with E-state index in [1.807, 2.05) is 26.0 Å². The molecule has 1 fully saturated rings. The summed E-state index contributed by atoms with van der Waals surface area (Å²) >= 11 is 5.25. The topological polar surface area (TPSA) is 86.3 Å². The van der Waals surface area contributed by atoms with Crippen molar-refractivity contribution in [1.29, 1.82) is 5.26 Å². The highest BCUT2D eigenvalue weighted by atomic mass is 32.1.